The molecule has 3 rings (SSSR count). The van der Waals surface area contributed by atoms with Crippen LogP contribution in [-0.4, -0.2) is 45.6 Å². The van der Waals surface area contributed by atoms with Gasteiger partial charge in [-0.3, -0.25) is 4.79 Å². The smallest absolute Gasteiger partial charge is 0.378 e. The van der Waals surface area contributed by atoms with Gasteiger partial charge in [0, 0.05) is 19.3 Å². The quantitative estimate of drug-likeness (QED) is 0.744. The lowest BCUT2D eigenvalue weighted by Gasteiger charge is -2.27. The Morgan fingerprint density at radius 2 is 1.83 bits per heavy atom. The van der Waals surface area contributed by atoms with Crippen LogP contribution in [0, 0.1) is 5.82 Å². The molecule has 1 N–H and O–H groups in total. The average molecular weight is 433 g/mol. The summed E-state index contributed by atoms with van der Waals surface area (Å²) in [6.45, 7) is 2.13. The van der Waals surface area contributed by atoms with E-state index in [4.69, 9.17) is 4.74 Å². The first kappa shape index (κ1) is 21.0. The molecule has 1 aliphatic heterocycles. The zero-order valence-electron chi connectivity index (χ0n) is 14.7. The van der Waals surface area contributed by atoms with Crippen LogP contribution in [0.15, 0.2) is 41.4 Å². The zero-order valence-corrected chi connectivity index (χ0v) is 15.6. The van der Waals surface area contributed by atoms with E-state index in [0.717, 1.165) is 6.20 Å². The summed E-state index contributed by atoms with van der Waals surface area (Å²) < 4.78 is 83.8. The number of amides is 1. The fourth-order valence-corrected chi connectivity index (χ4v) is 3.61. The van der Waals surface area contributed by atoms with Crippen LogP contribution in [0.4, 0.5) is 23.4 Å². The first-order valence-corrected chi connectivity index (χ1v) is 9.79. The van der Waals surface area contributed by atoms with E-state index in [0.29, 0.717) is 44.3 Å². The fourth-order valence-electron chi connectivity index (χ4n) is 2.70. The van der Waals surface area contributed by atoms with E-state index in [9.17, 15) is 30.8 Å². The van der Waals surface area contributed by atoms with Crippen molar-refractivity contribution in [2.75, 3.05) is 31.2 Å². The Hall–Kier alpha value is -2.73. The highest BCUT2D eigenvalue weighted by Crippen LogP contribution is 2.32. The largest absolute Gasteiger partial charge is 0.417 e. The number of benzene rings is 1. The highest BCUT2D eigenvalue weighted by atomic mass is 32.2. The van der Waals surface area contributed by atoms with Gasteiger partial charge in [0.15, 0.2) is 0 Å². The van der Waals surface area contributed by atoms with Gasteiger partial charge in [0.1, 0.15) is 16.5 Å². The number of halogens is 4. The molecule has 1 saturated heterocycles. The molecule has 7 nitrogen and oxygen atoms in total. The number of carbonyl (C=O) groups excluding carboxylic acids is 1. The number of morpholine rings is 1. The average Bonchev–Trinajstić information content (AvgIpc) is 2.67. The summed E-state index contributed by atoms with van der Waals surface area (Å²) in [5.74, 6) is -2.24. The monoisotopic (exact) mass is 433 g/mol. The summed E-state index contributed by atoms with van der Waals surface area (Å²) in [5.41, 5.74) is -2.59. The van der Waals surface area contributed by atoms with Crippen LogP contribution in [0.2, 0.25) is 0 Å². The molecule has 0 radical (unpaired) electrons. The number of hydrogen-bond donors (Lipinski definition) is 1. The van der Waals surface area contributed by atoms with Crippen molar-refractivity contribution in [3.8, 4) is 0 Å². The van der Waals surface area contributed by atoms with Gasteiger partial charge in [-0.1, -0.05) is 0 Å². The van der Waals surface area contributed by atoms with Crippen LogP contribution in [0.3, 0.4) is 0 Å². The van der Waals surface area contributed by atoms with E-state index < -0.39 is 43.9 Å². The van der Waals surface area contributed by atoms with Crippen molar-refractivity contribution >= 4 is 21.7 Å². The molecule has 12 heteroatoms. The van der Waals surface area contributed by atoms with Crippen LogP contribution in [-0.2, 0) is 20.9 Å². The molecule has 0 atom stereocenters. The van der Waals surface area contributed by atoms with Gasteiger partial charge in [0.2, 0.25) is 0 Å². The number of pyridine rings is 1. The number of aromatic nitrogens is 1. The minimum absolute atomic E-state index is 0.125. The van der Waals surface area contributed by atoms with Crippen molar-refractivity contribution < 1.29 is 35.5 Å². The molecule has 1 fully saturated rings. The summed E-state index contributed by atoms with van der Waals surface area (Å²) in [7, 11) is -4.49. The lowest BCUT2D eigenvalue weighted by molar-refractivity contribution is -0.138. The third-order valence-corrected chi connectivity index (χ3v) is 5.44. The lowest BCUT2D eigenvalue weighted by Crippen LogP contribution is -2.37. The van der Waals surface area contributed by atoms with E-state index in [1.54, 1.807) is 4.72 Å². The van der Waals surface area contributed by atoms with Gasteiger partial charge >= 0.3 is 6.18 Å². The molecule has 2 aromatic rings. The van der Waals surface area contributed by atoms with Crippen LogP contribution in [0.25, 0.3) is 0 Å². The predicted octanol–water partition coefficient (Wildman–Crippen LogP) is 2.19. The molecule has 1 amide bonds. The maximum absolute atomic E-state index is 13.2. The van der Waals surface area contributed by atoms with Gasteiger partial charge in [0.05, 0.1) is 24.3 Å². The molecular formula is C17H15F4N3O4S. The minimum Gasteiger partial charge on any atom is -0.378 e. The fraction of sp³-hybridized carbons (Fsp3) is 0.294. The number of nitrogens with zero attached hydrogens (tertiary/aromatic N) is 2. The van der Waals surface area contributed by atoms with E-state index in [-0.39, 0.29) is 6.07 Å². The lowest BCUT2D eigenvalue weighted by atomic mass is 10.1. The van der Waals surface area contributed by atoms with E-state index in [1.807, 2.05) is 4.90 Å². The van der Waals surface area contributed by atoms with Crippen LogP contribution < -0.4 is 9.62 Å². The normalized spacial score (nSPS) is 15.2. The number of hydrogen-bond acceptors (Lipinski definition) is 6. The second-order valence-electron chi connectivity index (χ2n) is 6.07. The Labute approximate surface area is 163 Å². The summed E-state index contributed by atoms with van der Waals surface area (Å²) in [5, 5.41) is 0. The molecule has 29 heavy (non-hydrogen) atoms. The summed E-state index contributed by atoms with van der Waals surface area (Å²) >= 11 is 0. The standard InChI is InChI=1S/C17H15F4N3O4S/c18-11-1-3-13(14(9-11)17(19,20)21)16(25)23-29(26,27)12-2-4-15(22-10-12)24-5-7-28-8-6-24/h1-4,9-10H,5-8H2,(H,23,25). The van der Waals surface area contributed by atoms with Crippen molar-refractivity contribution in [1.29, 1.82) is 0 Å². The number of nitrogens with one attached hydrogen (secondary N) is 1. The number of ether oxygens (including phenoxy) is 1. The zero-order chi connectivity index (χ0) is 21.2. The SMILES string of the molecule is O=C(NS(=O)(=O)c1ccc(N2CCOCC2)nc1)c1ccc(F)cc1C(F)(F)F. The van der Waals surface area contributed by atoms with E-state index in [1.165, 1.54) is 12.1 Å². The third kappa shape index (κ3) is 4.82. The highest BCUT2D eigenvalue weighted by Gasteiger charge is 2.36. The predicted molar refractivity (Wildman–Crippen MR) is 93.3 cm³/mol. The van der Waals surface area contributed by atoms with Crippen molar-refractivity contribution in [2.24, 2.45) is 0 Å². The topological polar surface area (TPSA) is 88.6 Å². The minimum atomic E-state index is -5.04. The molecule has 0 bridgehead atoms. The Morgan fingerprint density at radius 1 is 1.14 bits per heavy atom. The number of rotatable bonds is 4. The molecule has 156 valence electrons. The van der Waals surface area contributed by atoms with E-state index in [2.05, 4.69) is 4.98 Å². The Kier molecular flexibility index (Phi) is 5.75. The number of sulfonamides is 1. The Bertz CT molecular complexity index is 1000. The number of carbonyl (C=O) groups is 1. The molecule has 1 aromatic heterocycles. The number of anilines is 1. The first-order chi connectivity index (χ1) is 13.6. The van der Waals surface area contributed by atoms with Gasteiger partial charge in [0.25, 0.3) is 15.9 Å². The maximum Gasteiger partial charge on any atom is 0.417 e. The second kappa shape index (κ2) is 7.95. The van der Waals surface area contributed by atoms with Crippen molar-refractivity contribution in [3.05, 3.63) is 53.5 Å². The molecule has 1 aromatic carbocycles. The highest BCUT2D eigenvalue weighted by molar-refractivity contribution is 7.90. The van der Waals surface area contributed by atoms with Crippen molar-refractivity contribution in [2.45, 2.75) is 11.1 Å². The summed E-state index contributed by atoms with van der Waals surface area (Å²) in [6, 6.07) is 3.94. The maximum atomic E-state index is 13.2. The van der Waals surface area contributed by atoms with Crippen molar-refractivity contribution in [1.82, 2.24) is 9.71 Å². The molecular weight excluding hydrogens is 418 g/mol. The van der Waals surface area contributed by atoms with Gasteiger partial charge in [-0.25, -0.2) is 22.5 Å². The van der Waals surface area contributed by atoms with Gasteiger partial charge in [-0.05, 0) is 30.3 Å². The first-order valence-electron chi connectivity index (χ1n) is 8.30. The summed E-state index contributed by atoms with van der Waals surface area (Å²) in [4.78, 5) is 17.7. The molecule has 0 aliphatic carbocycles. The molecule has 1 aliphatic rings. The van der Waals surface area contributed by atoms with Gasteiger partial charge in [-0.15, -0.1) is 0 Å². The Morgan fingerprint density at radius 3 is 2.41 bits per heavy atom. The molecule has 2 heterocycles. The Balaban J connectivity index is 1.82. The van der Waals surface area contributed by atoms with E-state index >= 15 is 0 Å². The van der Waals surface area contributed by atoms with Gasteiger partial charge < -0.3 is 9.64 Å². The molecule has 0 unspecified atom stereocenters. The summed E-state index contributed by atoms with van der Waals surface area (Å²) in [6.07, 6.45) is -4.05. The number of alkyl halides is 3. The van der Waals surface area contributed by atoms with Crippen LogP contribution in [0.1, 0.15) is 15.9 Å². The van der Waals surface area contributed by atoms with Crippen LogP contribution in [0.5, 0.6) is 0 Å². The van der Waals surface area contributed by atoms with Gasteiger partial charge in [-0.2, -0.15) is 13.2 Å². The second-order valence-corrected chi connectivity index (χ2v) is 7.76. The molecule has 0 saturated carbocycles. The molecule has 0 spiro atoms. The third-order valence-electron chi connectivity index (χ3n) is 4.12. The van der Waals surface area contributed by atoms with Crippen molar-refractivity contribution in [3.63, 3.8) is 0 Å². The van der Waals surface area contributed by atoms with Crippen LogP contribution >= 0.6 is 0 Å².